The Kier molecular flexibility index (Phi) is 44.7. The third-order valence-electron chi connectivity index (χ3n) is 11.2. The SMILES string of the molecule is CC/C=C/C=C/C=C/C=C\CCCCCC(CC(=O)NC(CO)C(O)CCCCCCCCCCC)OC(=O)CCCCCCC/C=C/CCCCCCCCCCC. The molecular weight excluding hydrogens is 731 g/mol. The topological polar surface area (TPSA) is 95.9 Å². The van der Waals surface area contributed by atoms with E-state index in [1.807, 2.05) is 24.3 Å². The number of amides is 1. The summed E-state index contributed by atoms with van der Waals surface area (Å²) in [4.78, 5) is 26.1. The van der Waals surface area contributed by atoms with Crippen molar-refractivity contribution in [1.29, 1.82) is 0 Å². The van der Waals surface area contributed by atoms with E-state index in [4.69, 9.17) is 4.74 Å². The number of unbranched alkanes of at least 4 members (excludes halogenated alkanes) is 25. The van der Waals surface area contributed by atoms with Gasteiger partial charge in [-0.15, -0.1) is 0 Å². The van der Waals surface area contributed by atoms with Crippen molar-refractivity contribution in [3.63, 3.8) is 0 Å². The molecule has 1 amide bonds. The lowest BCUT2D eigenvalue weighted by Crippen LogP contribution is -2.46. The van der Waals surface area contributed by atoms with Crippen LogP contribution < -0.4 is 5.32 Å². The van der Waals surface area contributed by atoms with E-state index in [2.05, 4.69) is 62.5 Å². The number of rotatable bonds is 44. The minimum Gasteiger partial charge on any atom is -0.462 e. The summed E-state index contributed by atoms with van der Waals surface area (Å²) in [7, 11) is 0. The number of allylic oxidation sites excluding steroid dienone is 10. The molecule has 0 aliphatic heterocycles. The fourth-order valence-corrected chi connectivity index (χ4v) is 7.38. The maximum absolute atomic E-state index is 13.1. The Morgan fingerprint density at radius 1 is 0.508 bits per heavy atom. The highest BCUT2D eigenvalue weighted by Crippen LogP contribution is 2.17. The van der Waals surface area contributed by atoms with Crippen molar-refractivity contribution in [2.24, 2.45) is 0 Å². The van der Waals surface area contributed by atoms with Gasteiger partial charge in [-0.3, -0.25) is 9.59 Å². The van der Waals surface area contributed by atoms with Gasteiger partial charge in [-0.1, -0.05) is 216 Å². The smallest absolute Gasteiger partial charge is 0.306 e. The summed E-state index contributed by atoms with van der Waals surface area (Å²) in [5.74, 6) is -0.524. The van der Waals surface area contributed by atoms with Crippen LogP contribution in [-0.2, 0) is 14.3 Å². The van der Waals surface area contributed by atoms with Crippen LogP contribution in [0.5, 0.6) is 0 Å². The highest BCUT2D eigenvalue weighted by molar-refractivity contribution is 5.77. The summed E-state index contributed by atoms with van der Waals surface area (Å²) in [5.41, 5.74) is 0. The van der Waals surface area contributed by atoms with E-state index in [0.29, 0.717) is 19.3 Å². The van der Waals surface area contributed by atoms with Crippen molar-refractivity contribution in [3.8, 4) is 0 Å². The number of hydrogen-bond donors (Lipinski definition) is 3. The van der Waals surface area contributed by atoms with Gasteiger partial charge in [0.1, 0.15) is 6.10 Å². The molecule has 0 aromatic heterocycles. The highest BCUT2D eigenvalue weighted by Gasteiger charge is 2.24. The zero-order chi connectivity index (χ0) is 43.1. The number of esters is 1. The van der Waals surface area contributed by atoms with Crippen molar-refractivity contribution >= 4 is 11.9 Å². The van der Waals surface area contributed by atoms with Crippen LogP contribution in [0.2, 0.25) is 0 Å². The normalized spacial score (nSPS) is 13.8. The molecule has 0 rings (SSSR count). The van der Waals surface area contributed by atoms with E-state index in [-0.39, 0.29) is 24.9 Å². The zero-order valence-corrected chi connectivity index (χ0v) is 38.9. The molecule has 3 N–H and O–H groups in total. The van der Waals surface area contributed by atoms with Crippen LogP contribution in [0.15, 0.2) is 60.8 Å². The molecule has 6 nitrogen and oxygen atoms in total. The first-order valence-corrected chi connectivity index (χ1v) is 25.1. The molecule has 0 saturated heterocycles. The van der Waals surface area contributed by atoms with Gasteiger partial charge in [0.05, 0.1) is 25.2 Å². The molecule has 0 fully saturated rings. The molecule has 0 aromatic carbocycles. The third kappa shape index (κ3) is 42.1. The first kappa shape index (κ1) is 56.6. The Bertz CT molecular complexity index is 1060. The minimum atomic E-state index is -0.799. The molecule has 0 spiro atoms. The molecule has 0 heterocycles. The fourth-order valence-electron chi connectivity index (χ4n) is 7.38. The molecule has 59 heavy (non-hydrogen) atoms. The molecule has 0 bridgehead atoms. The summed E-state index contributed by atoms with van der Waals surface area (Å²) in [6.45, 7) is 6.31. The molecule has 0 aromatic rings. The van der Waals surface area contributed by atoms with Crippen molar-refractivity contribution < 1.29 is 24.5 Å². The van der Waals surface area contributed by atoms with Crippen LogP contribution >= 0.6 is 0 Å². The van der Waals surface area contributed by atoms with E-state index in [9.17, 15) is 19.8 Å². The van der Waals surface area contributed by atoms with Crippen LogP contribution in [0.4, 0.5) is 0 Å². The van der Waals surface area contributed by atoms with Gasteiger partial charge in [-0.05, 0) is 70.6 Å². The molecule has 3 atom stereocenters. The average Bonchev–Trinajstić information content (AvgIpc) is 3.23. The molecule has 6 heteroatoms. The Morgan fingerprint density at radius 3 is 1.46 bits per heavy atom. The van der Waals surface area contributed by atoms with E-state index >= 15 is 0 Å². The van der Waals surface area contributed by atoms with Crippen molar-refractivity contribution in [2.75, 3.05) is 6.61 Å². The van der Waals surface area contributed by atoms with Crippen LogP contribution in [0.3, 0.4) is 0 Å². The quantitative estimate of drug-likeness (QED) is 0.0246. The molecule has 0 aliphatic rings. The van der Waals surface area contributed by atoms with Crippen molar-refractivity contribution in [1.82, 2.24) is 5.32 Å². The second-order valence-corrected chi connectivity index (χ2v) is 16.9. The number of aliphatic hydroxyl groups excluding tert-OH is 2. The monoisotopic (exact) mass is 826 g/mol. The predicted octanol–water partition coefficient (Wildman–Crippen LogP) is 14.8. The second-order valence-electron chi connectivity index (χ2n) is 16.9. The van der Waals surface area contributed by atoms with Crippen LogP contribution in [0.25, 0.3) is 0 Å². The number of hydrogen-bond acceptors (Lipinski definition) is 5. The summed E-state index contributed by atoms with van der Waals surface area (Å²) < 4.78 is 5.90. The largest absolute Gasteiger partial charge is 0.462 e. The van der Waals surface area contributed by atoms with Crippen LogP contribution in [0, 0.1) is 0 Å². The molecule has 3 unspecified atom stereocenters. The van der Waals surface area contributed by atoms with E-state index in [0.717, 1.165) is 77.0 Å². The highest BCUT2D eigenvalue weighted by atomic mass is 16.5. The fraction of sp³-hybridized carbons (Fsp3) is 0.774. The van der Waals surface area contributed by atoms with E-state index in [1.54, 1.807) is 0 Å². The van der Waals surface area contributed by atoms with Gasteiger partial charge in [0.15, 0.2) is 0 Å². The third-order valence-corrected chi connectivity index (χ3v) is 11.2. The average molecular weight is 826 g/mol. The number of aliphatic hydroxyl groups is 2. The first-order chi connectivity index (χ1) is 29.0. The van der Waals surface area contributed by atoms with Gasteiger partial charge in [0.25, 0.3) is 0 Å². The van der Waals surface area contributed by atoms with E-state index in [1.165, 1.54) is 116 Å². The molecule has 0 saturated carbocycles. The van der Waals surface area contributed by atoms with Crippen molar-refractivity contribution in [3.05, 3.63) is 60.8 Å². The summed E-state index contributed by atoms with van der Waals surface area (Å²) in [6.07, 6.45) is 57.2. The second kappa shape index (κ2) is 46.6. The van der Waals surface area contributed by atoms with Gasteiger partial charge < -0.3 is 20.3 Å². The summed E-state index contributed by atoms with van der Waals surface area (Å²) in [6, 6.07) is -0.716. The molecule has 0 aliphatic carbocycles. The van der Waals surface area contributed by atoms with Gasteiger partial charge in [-0.2, -0.15) is 0 Å². The lowest BCUT2D eigenvalue weighted by molar-refractivity contribution is -0.151. The Hall–Kier alpha value is -2.44. The van der Waals surface area contributed by atoms with Gasteiger partial charge in [0, 0.05) is 6.42 Å². The zero-order valence-electron chi connectivity index (χ0n) is 38.9. The Balaban J connectivity index is 4.60. The van der Waals surface area contributed by atoms with Gasteiger partial charge in [-0.25, -0.2) is 0 Å². The molecule has 342 valence electrons. The van der Waals surface area contributed by atoms with Crippen LogP contribution in [0.1, 0.15) is 239 Å². The summed E-state index contributed by atoms with van der Waals surface area (Å²) >= 11 is 0. The number of ether oxygens (including phenoxy) is 1. The summed E-state index contributed by atoms with van der Waals surface area (Å²) in [5, 5.41) is 23.6. The minimum absolute atomic E-state index is 0.0469. The van der Waals surface area contributed by atoms with Gasteiger partial charge in [0.2, 0.25) is 5.91 Å². The molecule has 0 radical (unpaired) electrons. The first-order valence-electron chi connectivity index (χ1n) is 25.1. The Morgan fingerprint density at radius 2 is 0.932 bits per heavy atom. The number of carbonyl (C=O) groups is 2. The van der Waals surface area contributed by atoms with Crippen molar-refractivity contribution in [2.45, 2.75) is 257 Å². The Labute approximate surface area is 365 Å². The maximum atomic E-state index is 13.1. The van der Waals surface area contributed by atoms with Gasteiger partial charge >= 0.3 is 5.97 Å². The predicted molar refractivity (Wildman–Crippen MR) is 255 cm³/mol. The standard InChI is InChI=1S/C53H95NO5/c1-4-7-10-13-16-19-21-23-24-25-26-27-29-31-34-37-40-43-46-53(58)59-49(44-41-38-35-33-30-28-22-20-17-14-11-8-5-2)47-52(57)54-50(48-55)51(56)45-42-39-36-32-18-15-12-9-6-3/h8,11,14,17,20,22,26-28,30,49-51,55-56H,4-7,9-10,12-13,15-16,18-19,21,23-25,29,31-48H2,1-3H3,(H,54,57)/b11-8+,17-14+,22-20+,27-26+,30-28-. The molecular formula is C53H95NO5. The lowest BCUT2D eigenvalue weighted by Gasteiger charge is -2.24. The maximum Gasteiger partial charge on any atom is 0.306 e. The van der Waals surface area contributed by atoms with E-state index < -0.39 is 18.2 Å². The number of carbonyl (C=O) groups excluding carboxylic acids is 2. The number of nitrogens with one attached hydrogen (secondary N) is 1. The lowest BCUT2D eigenvalue weighted by atomic mass is 10.0. The van der Waals surface area contributed by atoms with Crippen LogP contribution in [-0.4, -0.2) is 46.9 Å².